The Labute approximate surface area is 340 Å². The van der Waals surface area contributed by atoms with E-state index >= 15 is 0 Å². The fourth-order valence-corrected chi connectivity index (χ4v) is 6.43. The minimum Gasteiger partial charge on any atom is -0.463 e. The van der Waals surface area contributed by atoms with Crippen molar-refractivity contribution in [2.24, 2.45) is 17.3 Å². The lowest BCUT2D eigenvalue weighted by Gasteiger charge is -2.39. The average Bonchev–Trinajstić information content (AvgIpc) is 3.16. The van der Waals surface area contributed by atoms with Gasteiger partial charge in [-0.15, -0.1) is 11.8 Å². The molecule has 0 amide bonds. The zero-order chi connectivity index (χ0) is 40.8. The number of ketones is 1. The van der Waals surface area contributed by atoms with Crippen LogP contribution >= 0.6 is 11.8 Å². The first-order valence-corrected chi connectivity index (χ1v) is 21.1. The SMILES string of the molecule is COCCOCCOCCOCCOCCOCCOCCOCCOCCOCCOCCOCCOC(=O)CSC(C)CC(=O)C1C(C)C=CCC1(C)C. The van der Waals surface area contributed by atoms with Gasteiger partial charge in [0.2, 0.25) is 0 Å². The van der Waals surface area contributed by atoms with Gasteiger partial charge in [-0.05, 0) is 17.8 Å². The molecule has 16 heteroatoms. The van der Waals surface area contributed by atoms with E-state index in [1.54, 1.807) is 7.11 Å². The van der Waals surface area contributed by atoms with Crippen LogP contribution in [0, 0.1) is 17.3 Å². The number of esters is 1. The minimum absolute atomic E-state index is 0.0146. The molecule has 0 aromatic carbocycles. The summed E-state index contributed by atoms with van der Waals surface area (Å²) in [5.41, 5.74) is -0.0366. The summed E-state index contributed by atoms with van der Waals surface area (Å²) in [5.74, 6) is 0.450. The highest BCUT2D eigenvalue weighted by Gasteiger charge is 2.39. The zero-order valence-corrected chi connectivity index (χ0v) is 35.8. The van der Waals surface area contributed by atoms with Gasteiger partial charge in [-0.3, -0.25) is 9.59 Å². The fraction of sp³-hybridized carbons (Fsp3) is 0.900. The number of carbonyl (C=O) groups is 2. The van der Waals surface area contributed by atoms with E-state index in [9.17, 15) is 9.59 Å². The van der Waals surface area contributed by atoms with Crippen molar-refractivity contribution in [3.8, 4) is 0 Å². The second-order valence-corrected chi connectivity index (χ2v) is 15.1. The highest BCUT2D eigenvalue weighted by molar-refractivity contribution is 8.00. The van der Waals surface area contributed by atoms with Gasteiger partial charge in [0.25, 0.3) is 0 Å². The van der Waals surface area contributed by atoms with E-state index in [-0.39, 0.29) is 46.6 Å². The van der Waals surface area contributed by atoms with Crippen LogP contribution in [-0.2, 0) is 71.2 Å². The lowest BCUT2D eigenvalue weighted by molar-refractivity contribution is -0.142. The van der Waals surface area contributed by atoms with Crippen molar-refractivity contribution in [1.82, 2.24) is 0 Å². The van der Waals surface area contributed by atoms with Crippen molar-refractivity contribution in [3.63, 3.8) is 0 Å². The van der Waals surface area contributed by atoms with Crippen LogP contribution in [0.2, 0.25) is 0 Å². The van der Waals surface area contributed by atoms with Crippen LogP contribution in [-0.4, -0.2) is 188 Å². The van der Waals surface area contributed by atoms with Gasteiger partial charge in [-0.25, -0.2) is 0 Å². The molecule has 3 unspecified atom stereocenters. The summed E-state index contributed by atoms with van der Waals surface area (Å²) in [6.07, 6.45) is 5.70. The predicted octanol–water partition coefficient (Wildman–Crippen LogP) is 3.68. The van der Waals surface area contributed by atoms with E-state index in [1.807, 2.05) is 6.92 Å². The Bertz CT molecular complexity index is 941. The van der Waals surface area contributed by atoms with Gasteiger partial charge in [-0.1, -0.05) is 39.8 Å². The summed E-state index contributed by atoms with van der Waals surface area (Å²) in [6, 6.07) is 0. The second kappa shape index (κ2) is 38.0. The maximum Gasteiger partial charge on any atom is 0.315 e. The first-order chi connectivity index (χ1) is 27.3. The number of Topliss-reactive ketones (excluding diaryl/α,β-unsaturated/α-hetero) is 1. The molecule has 0 aliphatic heterocycles. The van der Waals surface area contributed by atoms with Crippen LogP contribution in [0.5, 0.6) is 0 Å². The number of thioether (sulfide) groups is 1. The van der Waals surface area contributed by atoms with Crippen molar-refractivity contribution in [2.45, 2.75) is 45.8 Å². The Hall–Kier alpha value is -1.25. The molecule has 0 bridgehead atoms. The Morgan fingerprint density at radius 3 is 1.21 bits per heavy atom. The van der Waals surface area contributed by atoms with Crippen molar-refractivity contribution in [2.75, 3.05) is 171 Å². The number of ether oxygens (including phenoxy) is 13. The highest BCUT2D eigenvalue weighted by Crippen LogP contribution is 2.42. The van der Waals surface area contributed by atoms with E-state index in [2.05, 4.69) is 32.9 Å². The fourth-order valence-electron chi connectivity index (χ4n) is 5.64. The van der Waals surface area contributed by atoms with E-state index in [0.29, 0.717) is 158 Å². The second-order valence-electron chi connectivity index (χ2n) is 13.7. The van der Waals surface area contributed by atoms with Crippen LogP contribution in [0.15, 0.2) is 12.2 Å². The maximum absolute atomic E-state index is 13.0. The minimum atomic E-state index is -0.298. The Morgan fingerprint density at radius 1 is 0.571 bits per heavy atom. The standard InChI is InChI=1S/C40H74O15S/c1-35-7-6-8-40(3,4)39(35)37(41)33-36(2)56-34-38(42)55-32-31-54-30-29-53-28-27-52-26-25-51-24-23-50-22-21-49-20-19-48-18-17-47-16-15-46-14-13-45-12-11-44-10-9-43-5/h6-7,35-36,39H,8-34H2,1-5H3. The molecule has 0 aromatic heterocycles. The molecule has 0 radical (unpaired) electrons. The molecule has 0 N–H and O–H groups in total. The van der Waals surface area contributed by atoms with Gasteiger partial charge >= 0.3 is 5.97 Å². The molecule has 1 aliphatic rings. The van der Waals surface area contributed by atoms with Crippen LogP contribution in [0.1, 0.15) is 40.5 Å². The van der Waals surface area contributed by atoms with Gasteiger partial charge in [-0.2, -0.15) is 0 Å². The number of allylic oxidation sites excluding steroid dienone is 2. The molecule has 0 aromatic rings. The Balaban J connectivity index is 1.72. The number of rotatable bonds is 42. The predicted molar refractivity (Wildman–Crippen MR) is 214 cm³/mol. The number of hydrogen-bond donors (Lipinski definition) is 0. The number of hydrogen-bond acceptors (Lipinski definition) is 16. The molecule has 0 saturated carbocycles. The van der Waals surface area contributed by atoms with E-state index in [0.717, 1.165) is 6.42 Å². The Kier molecular flexibility index (Phi) is 35.8. The molecule has 15 nitrogen and oxygen atoms in total. The monoisotopic (exact) mass is 826 g/mol. The van der Waals surface area contributed by atoms with Gasteiger partial charge in [0.15, 0.2) is 0 Å². The molecule has 0 fully saturated rings. The quantitative estimate of drug-likeness (QED) is 0.0499. The van der Waals surface area contributed by atoms with E-state index < -0.39 is 0 Å². The molecule has 1 rings (SSSR count). The third-order valence-electron chi connectivity index (χ3n) is 8.42. The normalized spacial score (nSPS) is 17.0. The molecule has 330 valence electrons. The molecular weight excluding hydrogens is 752 g/mol. The first-order valence-electron chi connectivity index (χ1n) is 20.1. The smallest absolute Gasteiger partial charge is 0.315 e. The van der Waals surface area contributed by atoms with Gasteiger partial charge in [0, 0.05) is 24.7 Å². The summed E-state index contributed by atoms with van der Waals surface area (Å²) in [4.78, 5) is 25.1. The van der Waals surface area contributed by atoms with Gasteiger partial charge in [0.05, 0.1) is 158 Å². The van der Waals surface area contributed by atoms with E-state index in [4.69, 9.17) is 61.6 Å². The van der Waals surface area contributed by atoms with Crippen LogP contribution < -0.4 is 0 Å². The summed E-state index contributed by atoms with van der Waals surface area (Å²) >= 11 is 1.46. The van der Waals surface area contributed by atoms with Crippen molar-refractivity contribution >= 4 is 23.5 Å². The summed E-state index contributed by atoms with van der Waals surface area (Å²) < 4.78 is 70.2. The zero-order valence-electron chi connectivity index (χ0n) is 35.0. The largest absolute Gasteiger partial charge is 0.463 e. The molecule has 0 heterocycles. The third kappa shape index (κ3) is 31.7. The molecule has 1 aliphatic carbocycles. The lowest BCUT2D eigenvalue weighted by Crippen LogP contribution is -2.38. The van der Waals surface area contributed by atoms with Crippen LogP contribution in [0.3, 0.4) is 0 Å². The van der Waals surface area contributed by atoms with Gasteiger partial charge in [0.1, 0.15) is 12.4 Å². The maximum atomic E-state index is 13.0. The highest BCUT2D eigenvalue weighted by atomic mass is 32.2. The third-order valence-corrected chi connectivity index (χ3v) is 9.55. The summed E-state index contributed by atoms with van der Waals surface area (Å²) in [7, 11) is 1.64. The lowest BCUT2D eigenvalue weighted by atomic mass is 9.65. The molecule has 3 atom stereocenters. The number of carbonyl (C=O) groups excluding carboxylic acids is 2. The molecular formula is C40H74O15S. The van der Waals surface area contributed by atoms with Gasteiger partial charge < -0.3 is 61.6 Å². The Morgan fingerprint density at radius 2 is 0.893 bits per heavy atom. The van der Waals surface area contributed by atoms with Crippen molar-refractivity contribution < 1.29 is 71.2 Å². The van der Waals surface area contributed by atoms with Crippen molar-refractivity contribution in [1.29, 1.82) is 0 Å². The topological polar surface area (TPSA) is 154 Å². The molecule has 56 heavy (non-hydrogen) atoms. The average molecular weight is 827 g/mol. The molecule has 0 saturated heterocycles. The first kappa shape index (κ1) is 52.8. The van der Waals surface area contributed by atoms with E-state index in [1.165, 1.54) is 11.8 Å². The van der Waals surface area contributed by atoms with Crippen molar-refractivity contribution in [3.05, 3.63) is 12.2 Å². The summed E-state index contributed by atoms with van der Waals surface area (Å²) in [5, 5.41) is 0.0554. The number of methoxy groups -OCH3 is 1. The van der Waals surface area contributed by atoms with Crippen LogP contribution in [0.4, 0.5) is 0 Å². The molecule has 0 spiro atoms. The summed E-state index contributed by atoms with van der Waals surface area (Å²) in [6.45, 7) is 19.9. The van der Waals surface area contributed by atoms with Crippen LogP contribution in [0.25, 0.3) is 0 Å².